The molecule has 25 nitrogen and oxygen atoms in total. The van der Waals surface area contributed by atoms with Crippen LogP contribution in [0.1, 0.15) is 37.6 Å². The average molecular weight is 945 g/mol. The maximum atomic E-state index is 14.0. The standard InChI is InChI=1S/C41H52O25/c1-5-18-19-9-10-55-36(53)21(19)12-57-38(18)66-41-35(60-17(4)45)34(59-16(3)44)33(25(64-41)14-56-15(2)43)65-37(54)20-7-6-8-22(26(20)46)61-40-32(52)30(50)28(48)24(63-40)13-58-39-31(51)29(49)27(47)23(11-42)62-39/h5-8,12,18-19,23-25,27-35,38-42,46-52H,1,9-11,13-14H2,2-4H3. The molecule has 4 saturated heterocycles. The maximum absolute atomic E-state index is 14.0. The van der Waals surface area contributed by atoms with Crippen LogP contribution in [0.5, 0.6) is 11.5 Å². The molecule has 18 atom stereocenters. The monoisotopic (exact) mass is 944 g/mol. The Kier molecular flexibility index (Phi) is 16.6. The number of para-hydroxylation sites is 1. The number of aliphatic hydroxyl groups is 7. The number of cyclic esters (lactones) is 1. The van der Waals surface area contributed by atoms with E-state index >= 15 is 0 Å². The summed E-state index contributed by atoms with van der Waals surface area (Å²) in [5.41, 5.74) is -0.404. The summed E-state index contributed by atoms with van der Waals surface area (Å²) in [6, 6.07) is 3.38. The van der Waals surface area contributed by atoms with Crippen molar-refractivity contribution in [3.63, 3.8) is 0 Å². The van der Waals surface area contributed by atoms with E-state index in [1.54, 1.807) is 0 Å². The van der Waals surface area contributed by atoms with E-state index in [9.17, 15) is 64.8 Å². The van der Waals surface area contributed by atoms with Gasteiger partial charge >= 0.3 is 29.8 Å². The first-order chi connectivity index (χ1) is 31.3. The van der Waals surface area contributed by atoms with Gasteiger partial charge in [0.1, 0.15) is 67.1 Å². The molecule has 0 saturated carbocycles. The molecule has 0 radical (unpaired) electrons. The Hall–Kier alpha value is -5.03. The molecule has 25 heteroatoms. The molecule has 0 amide bonds. The molecule has 1 aromatic carbocycles. The van der Waals surface area contributed by atoms with Crippen molar-refractivity contribution in [2.45, 2.75) is 126 Å². The van der Waals surface area contributed by atoms with Gasteiger partial charge in [-0.05, 0) is 18.6 Å². The molecule has 66 heavy (non-hydrogen) atoms. The van der Waals surface area contributed by atoms with E-state index in [2.05, 4.69) is 6.58 Å². The molecule has 8 N–H and O–H groups in total. The number of fused-ring (bicyclic) bond motifs is 1. The highest BCUT2D eigenvalue weighted by Crippen LogP contribution is 2.41. The van der Waals surface area contributed by atoms with Crippen LogP contribution in [0.4, 0.5) is 0 Å². The molecule has 1 aromatic rings. The van der Waals surface area contributed by atoms with Crippen molar-refractivity contribution >= 4 is 29.8 Å². The largest absolute Gasteiger partial charge is 0.504 e. The lowest BCUT2D eigenvalue weighted by Gasteiger charge is -2.46. The summed E-state index contributed by atoms with van der Waals surface area (Å²) in [5, 5.41) is 83.4. The fraction of sp³-hybridized carbons (Fsp3) is 0.634. The van der Waals surface area contributed by atoms with Gasteiger partial charge in [-0.2, -0.15) is 0 Å². The Morgan fingerprint density at radius 3 is 2.03 bits per heavy atom. The SMILES string of the molecule is C=CC1C(OC2OC(COC(C)=O)C(OC(=O)c3cccc(OC4OC(COC5OC(CO)C(O)C(O)C5O)C(O)C(O)C4O)c3O)C(OC(C)=O)C2OC(C)=O)OC=C2C(=O)OCCC21. The van der Waals surface area contributed by atoms with Crippen molar-refractivity contribution in [2.24, 2.45) is 11.8 Å². The fourth-order valence-corrected chi connectivity index (χ4v) is 7.90. The predicted octanol–water partition coefficient (Wildman–Crippen LogP) is -3.31. The van der Waals surface area contributed by atoms with Crippen LogP contribution in [-0.4, -0.2) is 196 Å². The first-order valence-electron chi connectivity index (χ1n) is 20.6. The molecule has 0 bridgehead atoms. The molecule has 6 rings (SSSR count). The number of phenolic OH excluding ortho intramolecular Hbond substituents is 1. The van der Waals surface area contributed by atoms with E-state index in [0.717, 1.165) is 39.2 Å². The molecule has 4 fully saturated rings. The Labute approximate surface area is 374 Å². The van der Waals surface area contributed by atoms with Gasteiger partial charge in [0.25, 0.3) is 0 Å². The van der Waals surface area contributed by atoms with Crippen LogP contribution < -0.4 is 4.74 Å². The topological polar surface area (TPSA) is 358 Å². The van der Waals surface area contributed by atoms with Crippen LogP contribution in [0, 0.1) is 11.8 Å². The summed E-state index contributed by atoms with van der Waals surface area (Å²) in [6.45, 7) is 4.88. The summed E-state index contributed by atoms with van der Waals surface area (Å²) in [7, 11) is 0. The summed E-state index contributed by atoms with van der Waals surface area (Å²) in [4.78, 5) is 63.7. The lowest BCUT2D eigenvalue weighted by Crippen LogP contribution is -2.63. The fourth-order valence-electron chi connectivity index (χ4n) is 7.90. The van der Waals surface area contributed by atoms with Crippen molar-refractivity contribution in [1.29, 1.82) is 0 Å². The third-order valence-electron chi connectivity index (χ3n) is 11.2. The minimum atomic E-state index is -2.00. The number of carbonyl (C=O) groups is 5. The zero-order valence-electron chi connectivity index (χ0n) is 35.5. The van der Waals surface area contributed by atoms with E-state index in [4.69, 9.17) is 56.8 Å². The maximum Gasteiger partial charge on any atom is 0.342 e. The average Bonchev–Trinajstić information content (AvgIpc) is 3.27. The van der Waals surface area contributed by atoms with Gasteiger partial charge in [-0.25, -0.2) is 9.59 Å². The van der Waals surface area contributed by atoms with Crippen molar-refractivity contribution < 1.29 is 122 Å². The smallest absolute Gasteiger partial charge is 0.342 e. The van der Waals surface area contributed by atoms with Crippen LogP contribution in [-0.2, 0) is 71.3 Å². The highest BCUT2D eigenvalue weighted by molar-refractivity contribution is 5.93. The van der Waals surface area contributed by atoms with Crippen LogP contribution in [0.15, 0.2) is 42.7 Å². The molecular weight excluding hydrogens is 892 g/mol. The lowest BCUT2D eigenvalue weighted by molar-refractivity contribution is -0.341. The molecule has 366 valence electrons. The summed E-state index contributed by atoms with van der Waals surface area (Å²) in [5.74, 6) is -7.33. The Balaban J connectivity index is 1.22. The molecular formula is C41H52O25. The van der Waals surface area contributed by atoms with Gasteiger partial charge in [0, 0.05) is 32.6 Å². The van der Waals surface area contributed by atoms with Crippen molar-refractivity contribution in [2.75, 3.05) is 26.4 Å². The number of benzene rings is 1. The number of aliphatic hydroxyl groups excluding tert-OH is 7. The molecule has 5 aliphatic heterocycles. The van der Waals surface area contributed by atoms with Crippen LogP contribution >= 0.6 is 0 Å². The van der Waals surface area contributed by atoms with Crippen molar-refractivity contribution in [3.8, 4) is 11.5 Å². The van der Waals surface area contributed by atoms with E-state index in [0.29, 0.717) is 6.42 Å². The first-order valence-corrected chi connectivity index (χ1v) is 20.6. The van der Waals surface area contributed by atoms with Gasteiger partial charge in [-0.1, -0.05) is 12.1 Å². The second kappa shape index (κ2) is 21.7. The van der Waals surface area contributed by atoms with Gasteiger partial charge in [0.15, 0.2) is 36.1 Å². The second-order valence-corrected chi connectivity index (χ2v) is 15.7. The van der Waals surface area contributed by atoms with Crippen LogP contribution in [0.3, 0.4) is 0 Å². The number of rotatable bonds is 15. The number of esters is 5. The normalized spacial score (nSPS) is 37.7. The van der Waals surface area contributed by atoms with Crippen molar-refractivity contribution in [3.05, 3.63) is 48.3 Å². The van der Waals surface area contributed by atoms with Crippen molar-refractivity contribution in [1.82, 2.24) is 0 Å². The van der Waals surface area contributed by atoms with Gasteiger partial charge in [-0.15, -0.1) is 6.58 Å². The number of hydrogen-bond donors (Lipinski definition) is 8. The Morgan fingerprint density at radius 1 is 0.742 bits per heavy atom. The number of carbonyl (C=O) groups excluding carboxylic acids is 5. The summed E-state index contributed by atoms with van der Waals surface area (Å²) >= 11 is 0. The predicted molar refractivity (Wildman–Crippen MR) is 208 cm³/mol. The zero-order valence-corrected chi connectivity index (χ0v) is 35.5. The number of ether oxygens (including phenoxy) is 12. The summed E-state index contributed by atoms with van der Waals surface area (Å²) in [6.07, 6.45) is -24.4. The molecule has 0 aromatic heterocycles. The molecule has 0 aliphatic carbocycles. The van der Waals surface area contributed by atoms with Gasteiger partial charge in [-0.3, -0.25) is 14.4 Å². The van der Waals surface area contributed by atoms with Gasteiger partial charge in [0.05, 0.1) is 31.7 Å². The zero-order chi connectivity index (χ0) is 48.1. The minimum absolute atomic E-state index is 0.0984. The Morgan fingerprint density at radius 2 is 1.38 bits per heavy atom. The van der Waals surface area contributed by atoms with Gasteiger partial charge in [0.2, 0.25) is 18.9 Å². The first kappa shape index (κ1) is 50.4. The minimum Gasteiger partial charge on any atom is -0.504 e. The van der Waals surface area contributed by atoms with E-state index in [1.807, 2.05) is 0 Å². The number of aromatic hydroxyl groups is 1. The highest BCUT2D eigenvalue weighted by atomic mass is 16.8. The van der Waals surface area contributed by atoms with Crippen LogP contribution in [0.25, 0.3) is 0 Å². The molecule has 5 heterocycles. The third kappa shape index (κ3) is 11.0. The molecule has 0 spiro atoms. The number of phenols is 1. The highest BCUT2D eigenvalue weighted by Gasteiger charge is 2.55. The third-order valence-corrected chi connectivity index (χ3v) is 11.2. The van der Waals surface area contributed by atoms with E-state index in [-0.39, 0.29) is 12.2 Å². The van der Waals surface area contributed by atoms with Crippen LogP contribution in [0.2, 0.25) is 0 Å². The quantitative estimate of drug-likeness (QED) is 0.0485. The lowest BCUT2D eigenvalue weighted by atomic mass is 9.81. The molecule has 18 unspecified atom stereocenters. The summed E-state index contributed by atoms with van der Waals surface area (Å²) < 4.78 is 67.3. The van der Waals surface area contributed by atoms with Gasteiger partial charge < -0.3 is 97.7 Å². The molecule has 5 aliphatic rings. The second-order valence-electron chi connectivity index (χ2n) is 15.7. The van der Waals surface area contributed by atoms with E-state index < -0.39 is 177 Å². The Bertz CT molecular complexity index is 1960. The number of hydrogen-bond acceptors (Lipinski definition) is 25. The van der Waals surface area contributed by atoms with E-state index in [1.165, 1.54) is 12.1 Å².